The normalized spacial score (nSPS) is 18.6. The fourth-order valence-corrected chi connectivity index (χ4v) is 2.84. The van der Waals surface area contributed by atoms with Gasteiger partial charge in [0.2, 0.25) is 0 Å². The van der Waals surface area contributed by atoms with Gasteiger partial charge in [0.05, 0.1) is 5.54 Å². The maximum atomic E-state index is 13.4. The molecule has 19 heavy (non-hydrogen) atoms. The molecule has 1 N–H and O–H groups in total. The van der Waals surface area contributed by atoms with Gasteiger partial charge in [-0.2, -0.15) is 0 Å². The summed E-state index contributed by atoms with van der Waals surface area (Å²) < 4.78 is 13.4. The molecule has 1 aromatic carbocycles. The summed E-state index contributed by atoms with van der Waals surface area (Å²) in [6.45, 7) is 7.49. The molecule has 1 aliphatic rings. The summed E-state index contributed by atoms with van der Waals surface area (Å²) >= 11 is 0. The number of hydrogen-bond acceptors (Lipinski definition) is 2. The van der Waals surface area contributed by atoms with Gasteiger partial charge < -0.3 is 10.0 Å². The Morgan fingerprint density at radius 3 is 2.63 bits per heavy atom. The molecule has 0 fully saturated rings. The van der Waals surface area contributed by atoms with Gasteiger partial charge in [-0.1, -0.05) is 6.08 Å². The average molecular weight is 263 g/mol. The summed E-state index contributed by atoms with van der Waals surface area (Å²) in [6.07, 6.45) is 1.98. The van der Waals surface area contributed by atoms with E-state index in [9.17, 15) is 14.3 Å². The molecule has 0 unspecified atom stereocenters. The summed E-state index contributed by atoms with van der Waals surface area (Å²) in [6, 6.07) is 3.80. The van der Waals surface area contributed by atoms with E-state index < -0.39 is 17.6 Å². The van der Waals surface area contributed by atoms with Crippen molar-refractivity contribution < 1.29 is 14.3 Å². The minimum Gasteiger partial charge on any atom is -0.480 e. The van der Waals surface area contributed by atoms with Crippen LogP contribution in [0.5, 0.6) is 0 Å². The van der Waals surface area contributed by atoms with Crippen LogP contribution in [0.4, 0.5) is 10.1 Å². The largest absolute Gasteiger partial charge is 0.480 e. The Balaban J connectivity index is 2.64. The number of benzene rings is 1. The topological polar surface area (TPSA) is 40.5 Å². The van der Waals surface area contributed by atoms with Gasteiger partial charge >= 0.3 is 5.97 Å². The van der Waals surface area contributed by atoms with Crippen molar-refractivity contribution in [1.82, 2.24) is 0 Å². The van der Waals surface area contributed by atoms with E-state index in [1.54, 1.807) is 13.0 Å². The summed E-state index contributed by atoms with van der Waals surface area (Å²) in [5.41, 5.74) is 2.06. The maximum Gasteiger partial charge on any atom is 0.326 e. The highest BCUT2D eigenvalue weighted by molar-refractivity contribution is 5.86. The summed E-state index contributed by atoms with van der Waals surface area (Å²) in [5, 5.41) is 9.28. The van der Waals surface area contributed by atoms with E-state index in [0.29, 0.717) is 0 Å². The zero-order valence-corrected chi connectivity index (χ0v) is 11.6. The molecule has 1 atom stereocenters. The van der Waals surface area contributed by atoms with E-state index in [1.165, 1.54) is 12.1 Å². The first-order chi connectivity index (χ1) is 8.74. The third-order valence-corrected chi connectivity index (χ3v) is 3.58. The quantitative estimate of drug-likeness (QED) is 0.890. The van der Waals surface area contributed by atoms with Gasteiger partial charge in [0.25, 0.3) is 0 Å². The molecule has 0 saturated heterocycles. The minimum atomic E-state index is -0.892. The lowest BCUT2D eigenvalue weighted by molar-refractivity contribution is -0.138. The maximum absolute atomic E-state index is 13.4. The van der Waals surface area contributed by atoms with Crippen molar-refractivity contribution in [3.8, 4) is 0 Å². The van der Waals surface area contributed by atoms with Gasteiger partial charge in [-0.25, -0.2) is 9.18 Å². The van der Waals surface area contributed by atoms with Crippen LogP contribution >= 0.6 is 0 Å². The van der Waals surface area contributed by atoms with Crippen molar-refractivity contribution in [2.75, 3.05) is 4.90 Å². The van der Waals surface area contributed by atoms with Crippen LogP contribution in [0.1, 0.15) is 33.3 Å². The van der Waals surface area contributed by atoms with Crippen molar-refractivity contribution in [3.05, 3.63) is 35.7 Å². The molecule has 0 bridgehead atoms. The van der Waals surface area contributed by atoms with Gasteiger partial charge in [-0.15, -0.1) is 0 Å². The lowest BCUT2D eigenvalue weighted by Gasteiger charge is -2.45. The second-order valence-corrected chi connectivity index (χ2v) is 5.53. The van der Waals surface area contributed by atoms with E-state index >= 15 is 0 Å². The molecule has 3 nitrogen and oxygen atoms in total. The van der Waals surface area contributed by atoms with E-state index in [2.05, 4.69) is 0 Å². The van der Waals surface area contributed by atoms with Crippen LogP contribution in [0, 0.1) is 5.82 Å². The van der Waals surface area contributed by atoms with Crippen LogP contribution in [-0.4, -0.2) is 22.7 Å². The van der Waals surface area contributed by atoms with Gasteiger partial charge in [0.1, 0.15) is 11.9 Å². The number of carboxylic acids is 1. The molecular weight excluding hydrogens is 245 g/mol. The number of hydrogen-bond donors (Lipinski definition) is 1. The Morgan fingerprint density at radius 1 is 1.42 bits per heavy atom. The molecule has 4 heteroatoms. The van der Waals surface area contributed by atoms with Crippen LogP contribution < -0.4 is 4.90 Å². The highest BCUT2D eigenvalue weighted by Crippen LogP contribution is 2.40. The van der Waals surface area contributed by atoms with Crippen LogP contribution in [0.2, 0.25) is 0 Å². The number of fused-ring (bicyclic) bond motifs is 1. The van der Waals surface area contributed by atoms with Crippen molar-refractivity contribution in [3.63, 3.8) is 0 Å². The first kappa shape index (κ1) is 13.6. The Morgan fingerprint density at radius 2 is 2.05 bits per heavy atom. The first-order valence-corrected chi connectivity index (χ1v) is 6.25. The number of anilines is 1. The Kier molecular flexibility index (Phi) is 3.12. The third kappa shape index (κ3) is 2.23. The molecule has 0 aliphatic carbocycles. The predicted molar refractivity (Wildman–Crippen MR) is 73.7 cm³/mol. The fraction of sp³-hybridized carbons (Fsp3) is 0.400. The second-order valence-electron chi connectivity index (χ2n) is 5.53. The monoisotopic (exact) mass is 263 g/mol. The first-order valence-electron chi connectivity index (χ1n) is 6.25. The minimum absolute atomic E-state index is 0.311. The second kappa shape index (κ2) is 4.37. The molecule has 0 spiro atoms. The lowest BCUT2D eigenvalue weighted by Crippen LogP contribution is -2.53. The number of nitrogens with zero attached hydrogens (tertiary/aromatic N) is 1. The zero-order valence-electron chi connectivity index (χ0n) is 11.6. The van der Waals surface area contributed by atoms with E-state index in [0.717, 1.165) is 16.8 Å². The number of allylic oxidation sites excluding steroid dienone is 1. The number of carboxylic acid groups (broad SMARTS) is 1. The predicted octanol–water partition coefficient (Wildman–Crippen LogP) is 3.30. The highest BCUT2D eigenvalue weighted by atomic mass is 19.1. The molecule has 0 radical (unpaired) electrons. The van der Waals surface area contributed by atoms with Crippen molar-refractivity contribution in [2.45, 2.75) is 39.3 Å². The summed E-state index contributed by atoms with van der Waals surface area (Å²) in [7, 11) is 0. The lowest BCUT2D eigenvalue weighted by atomic mass is 9.87. The van der Waals surface area contributed by atoms with Crippen LogP contribution in [-0.2, 0) is 4.79 Å². The molecule has 0 saturated carbocycles. The van der Waals surface area contributed by atoms with E-state index in [4.69, 9.17) is 0 Å². The Labute approximate surface area is 112 Å². The van der Waals surface area contributed by atoms with E-state index in [-0.39, 0.29) is 5.82 Å². The zero-order chi connectivity index (χ0) is 14.4. The van der Waals surface area contributed by atoms with Gasteiger partial charge in [0, 0.05) is 11.3 Å². The van der Waals surface area contributed by atoms with Gasteiger partial charge in [-0.05, 0) is 51.5 Å². The summed E-state index contributed by atoms with van der Waals surface area (Å²) in [4.78, 5) is 13.1. The molecule has 2 rings (SSSR count). The van der Waals surface area contributed by atoms with Crippen molar-refractivity contribution in [1.29, 1.82) is 0 Å². The van der Waals surface area contributed by atoms with Gasteiger partial charge in [-0.3, -0.25) is 0 Å². The van der Waals surface area contributed by atoms with Crippen LogP contribution in [0.3, 0.4) is 0 Å². The summed E-state index contributed by atoms with van der Waals surface area (Å²) in [5.74, 6) is -1.20. The number of aliphatic carboxylic acids is 1. The van der Waals surface area contributed by atoms with Crippen molar-refractivity contribution >= 4 is 17.2 Å². The van der Waals surface area contributed by atoms with E-state index in [1.807, 2.05) is 31.7 Å². The number of halogens is 1. The smallest absolute Gasteiger partial charge is 0.326 e. The molecule has 102 valence electrons. The third-order valence-electron chi connectivity index (χ3n) is 3.58. The Bertz CT molecular complexity index is 563. The van der Waals surface area contributed by atoms with Gasteiger partial charge in [0.15, 0.2) is 0 Å². The average Bonchev–Trinajstić information content (AvgIpc) is 2.28. The Hall–Kier alpha value is -1.84. The van der Waals surface area contributed by atoms with Crippen LogP contribution in [0.15, 0.2) is 24.3 Å². The molecule has 1 aliphatic heterocycles. The fourth-order valence-electron chi connectivity index (χ4n) is 2.84. The molecule has 1 aromatic rings. The molecular formula is C15H18FNO2. The van der Waals surface area contributed by atoms with Crippen LogP contribution in [0.25, 0.3) is 5.57 Å². The number of carbonyl (C=O) groups is 1. The molecule has 1 heterocycles. The highest BCUT2D eigenvalue weighted by Gasteiger charge is 2.37. The molecule has 0 aromatic heterocycles. The standard InChI is InChI=1S/C15H18FNO2/c1-9-8-15(3,4)17(10(2)14(18)19)13-6-5-11(16)7-12(9)13/h5-8,10H,1-4H3,(H,18,19)/t10-/m1/s1. The molecule has 0 amide bonds. The van der Waals surface area contributed by atoms with Crippen molar-refractivity contribution in [2.24, 2.45) is 0 Å². The number of rotatable bonds is 2. The SMILES string of the molecule is CC1=CC(C)(C)N([C@H](C)C(=O)O)c2ccc(F)cc21.